The molecule has 1 unspecified atom stereocenters. The second kappa shape index (κ2) is 5.56. The molecule has 2 nitrogen and oxygen atoms in total. The number of carbonyl (C=O) groups excluding carboxylic acids is 2. The van der Waals surface area contributed by atoms with Crippen LogP contribution in [0, 0.1) is 40.4 Å². The van der Waals surface area contributed by atoms with Gasteiger partial charge in [-0.2, -0.15) is 0 Å². The largest absolute Gasteiger partial charge is 0.300 e. The Balaban J connectivity index is 1.67. The summed E-state index contributed by atoms with van der Waals surface area (Å²) >= 11 is 6.88. The minimum absolute atomic E-state index is 0.138. The van der Waals surface area contributed by atoms with E-state index in [4.69, 9.17) is 11.6 Å². The van der Waals surface area contributed by atoms with Crippen LogP contribution in [0.3, 0.4) is 0 Å². The number of fused-ring (bicyclic) bond motifs is 5. The Morgan fingerprint density at radius 2 is 1.75 bits per heavy atom. The molecule has 24 heavy (non-hydrogen) atoms. The van der Waals surface area contributed by atoms with Gasteiger partial charge in [0.15, 0.2) is 0 Å². The summed E-state index contributed by atoms with van der Waals surface area (Å²) in [4.78, 5) is 24.2. The van der Waals surface area contributed by atoms with Gasteiger partial charge in [0.05, 0.1) is 0 Å². The first kappa shape index (κ1) is 17.1. The van der Waals surface area contributed by atoms with Crippen LogP contribution in [0.2, 0.25) is 0 Å². The summed E-state index contributed by atoms with van der Waals surface area (Å²) in [7, 11) is 0. The highest BCUT2D eigenvalue weighted by atomic mass is 35.5. The minimum atomic E-state index is 0.138. The molecule has 0 radical (unpaired) electrons. The van der Waals surface area contributed by atoms with Crippen molar-refractivity contribution in [3.8, 4) is 0 Å². The quantitative estimate of drug-likeness (QED) is 0.622. The highest BCUT2D eigenvalue weighted by Gasteiger charge is 2.62. The Labute approximate surface area is 151 Å². The van der Waals surface area contributed by atoms with Crippen molar-refractivity contribution in [3.63, 3.8) is 0 Å². The highest BCUT2D eigenvalue weighted by molar-refractivity contribution is 6.21. The van der Waals surface area contributed by atoms with E-state index in [0.717, 1.165) is 25.7 Å². The van der Waals surface area contributed by atoms with Gasteiger partial charge < -0.3 is 0 Å². The summed E-state index contributed by atoms with van der Waals surface area (Å²) in [6.07, 6.45) is 8.23. The molecule has 0 heterocycles. The lowest BCUT2D eigenvalue weighted by Crippen LogP contribution is -2.57. The zero-order valence-corrected chi connectivity index (χ0v) is 16.1. The van der Waals surface area contributed by atoms with Gasteiger partial charge in [0.2, 0.25) is 0 Å². The van der Waals surface area contributed by atoms with Crippen molar-refractivity contribution < 1.29 is 9.59 Å². The molecular formula is C21H31ClO2. The zero-order chi connectivity index (χ0) is 17.3. The topological polar surface area (TPSA) is 34.1 Å². The van der Waals surface area contributed by atoms with Crippen LogP contribution < -0.4 is 0 Å². The molecule has 4 rings (SSSR count). The number of halogens is 1. The average molecular weight is 351 g/mol. The lowest BCUT2D eigenvalue weighted by Gasteiger charge is -2.61. The predicted octanol–water partition coefficient (Wildman–Crippen LogP) is 5.02. The summed E-state index contributed by atoms with van der Waals surface area (Å²) < 4.78 is 0. The van der Waals surface area contributed by atoms with Crippen molar-refractivity contribution in [1.29, 1.82) is 0 Å². The monoisotopic (exact) mass is 350 g/mol. The van der Waals surface area contributed by atoms with Crippen LogP contribution in [-0.2, 0) is 9.59 Å². The normalized spacial score (nSPS) is 53.9. The molecule has 3 heteroatoms. The van der Waals surface area contributed by atoms with Crippen molar-refractivity contribution in [2.45, 2.75) is 77.5 Å². The van der Waals surface area contributed by atoms with E-state index >= 15 is 0 Å². The molecule has 0 bridgehead atoms. The molecular weight excluding hydrogens is 320 g/mol. The second-order valence-corrected chi connectivity index (χ2v) is 10.3. The van der Waals surface area contributed by atoms with E-state index in [1.165, 1.54) is 19.3 Å². The van der Waals surface area contributed by atoms with E-state index in [1.54, 1.807) is 6.92 Å². The fourth-order valence-corrected chi connectivity index (χ4v) is 8.29. The molecule has 4 aliphatic rings. The Kier molecular flexibility index (Phi) is 3.95. The maximum Gasteiger partial charge on any atom is 0.133 e. The molecule has 0 saturated heterocycles. The number of hydrogen-bond donors (Lipinski definition) is 0. The molecule has 8 atom stereocenters. The van der Waals surface area contributed by atoms with Gasteiger partial charge in [-0.05, 0) is 80.0 Å². The van der Waals surface area contributed by atoms with Crippen LogP contribution in [0.25, 0.3) is 0 Å². The van der Waals surface area contributed by atoms with Crippen LogP contribution >= 0.6 is 11.6 Å². The third-order valence-corrected chi connectivity index (χ3v) is 9.43. The SMILES string of the molecule is CC(=O)[C@H]1CC[C@H]2[C@@H]3C[C@@H](Cl)C4CC(=O)CC[C@]4(C)[C@H]3CC[C@]12C. The van der Waals surface area contributed by atoms with Gasteiger partial charge in [0.25, 0.3) is 0 Å². The Morgan fingerprint density at radius 1 is 1.04 bits per heavy atom. The fraction of sp³-hybridized carbons (Fsp3) is 0.905. The van der Waals surface area contributed by atoms with E-state index in [2.05, 4.69) is 13.8 Å². The number of hydrogen-bond acceptors (Lipinski definition) is 2. The molecule has 134 valence electrons. The van der Waals surface area contributed by atoms with Crippen molar-refractivity contribution in [2.75, 3.05) is 0 Å². The van der Waals surface area contributed by atoms with E-state index in [1.807, 2.05) is 0 Å². The number of carbonyl (C=O) groups is 2. The smallest absolute Gasteiger partial charge is 0.133 e. The summed E-state index contributed by atoms with van der Waals surface area (Å²) in [5.41, 5.74) is 0.427. The number of alkyl halides is 1. The Hall–Kier alpha value is -0.370. The predicted molar refractivity (Wildman–Crippen MR) is 95.9 cm³/mol. The Morgan fingerprint density at radius 3 is 2.46 bits per heavy atom. The fourth-order valence-electron chi connectivity index (χ4n) is 7.70. The van der Waals surface area contributed by atoms with Crippen LogP contribution in [-0.4, -0.2) is 16.9 Å². The zero-order valence-electron chi connectivity index (χ0n) is 15.3. The van der Waals surface area contributed by atoms with Gasteiger partial charge in [-0.15, -0.1) is 11.6 Å². The first-order valence-corrected chi connectivity index (χ1v) is 10.4. The molecule has 0 spiro atoms. The third kappa shape index (κ3) is 2.20. The van der Waals surface area contributed by atoms with Gasteiger partial charge >= 0.3 is 0 Å². The summed E-state index contributed by atoms with van der Waals surface area (Å²) in [5, 5.41) is 0.138. The minimum Gasteiger partial charge on any atom is -0.300 e. The summed E-state index contributed by atoms with van der Waals surface area (Å²) in [6.45, 7) is 6.60. The van der Waals surface area contributed by atoms with Gasteiger partial charge in [-0.1, -0.05) is 13.8 Å². The van der Waals surface area contributed by atoms with E-state index in [9.17, 15) is 9.59 Å². The maximum atomic E-state index is 12.2. The number of ketones is 2. The average Bonchev–Trinajstić information content (AvgIpc) is 2.87. The summed E-state index contributed by atoms with van der Waals surface area (Å²) in [6, 6.07) is 0. The van der Waals surface area contributed by atoms with E-state index < -0.39 is 0 Å². The second-order valence-electron chi connectivity index (χ2n) is 9.77. The molecule has 0 aromatic rings. The van der Waals surface area contributed by atoms with Gasteiger partial charge in [-0.3, -0.25) is 9.59 Å². The molecule has 4 fully saturated rings. The molecule has 0 aromatic heterocycles. The van der Waals surface area contributed by atoms with E-state index in [-0.39, 0.29) is 22.1 Å². The van der Waals surface area contributed by atoms with Gasteiger partial charge in [0.1, 0.15) is 11.6 Å². The molecule has 0 N–H and O–H groups in total. The molecule has 0 aliphatic heterocycles. The Bertz CT molecular complexity index is 572. The van der Waals surface area contributed by atoms with Crippen LogP contribution in [0.5, 0.6) is 0 Å². The third-order valence-electron chi connectivity index (χ3n) is 8.95. The van der Waals surface area contributed by atoms with Crippen molar-refractivity contribution in [2.24, 2.45) is 40.4 Å². The van der Waals surface area contributed by atoms with Gasteiger partial charge in [-0.25, -0.2) is 0 Å². The standard InChI is InChI=1S/C21H31ClO2/c1-12(23)15-4-5-16-14-11-19(22)18-10-13(24)6-8-21(18,3)17(14)7-9-20(15,16)2/h14-19H,4-11H2,1-3H3/t14-,15+,16-,17-,18?,19+,20+,21+/m0/s1. The molecule has 0 aromatic carbocycles. The lowest BCUT2D eigenvalue weighted by atomic mass is 9.44. The molecule has 4 aliphatic carbocycles. The molecule has 4 saturated carbocycles. The van der Waals surface area contributed by atoms with Crippen LogP contribution in [0.15, 0.2) is 0 Å². The van der Waals surface area contributed by atoms with Crippen molar-refractivity contribution in [3.05, 3.63) is 0 Å². The van der Waals surface area contributed by atoms with Crippen LogP contribution in [0.1, 0.15) is 72.1 Å². The molecule has 0 amide bonds. The van der Waals surface area contributed by atoms with Gasteiger partial charge in [0, 0.05) is 24.1 Å². The van der Waals surface area contributed by atoms with E-state index in [0.29, 0.717) is 41.7 Å². The first-order valence-electron chi connectivity index (χ1n) is 9.93. The van der Waals surface area contributed by atoms with Crippen LogP contribution in [0.4, 0.5) is 0 Å². The highest BCUT2D eigenvalue weighted by Crippen LogP contribution is 2.67. The summed E-state index contributed by atoms with van der Waals surface area (Å²) in [5.74, 6) is 3.46. The maximum absolute atomic E-state index is 12.2. The van der Waals surface area contributed by atoms with Crippen molar-refractivity contribution in [1.82, 2.24) is 0 Å². The lowest BCUT2D eigenvalue weighted by molar-refractivity contribution is -0.142. The number of Topliss-reactive ketones (excluding diaryl/α,β-unsaturated/α-hetero) is 2. The first-order chi connectivity index (χ1) is 11.3. The number of rotatable bonds is 1. The van der Waals surface area contributed by atoms with Crippen molar-refractivity contribution >= 4 is 23.2 Å².